The summed E-state index contributed by atoms with van der Waals surface area (Å²) in [6.45, 7) is 3.31. The van der Waals surface area contributed by atoms with Crippen molar-refractivity contribution >= 4 is 23.2 Å². The Bertz CT molecular complexity index is 208. The van der Waals surface area contributed by atoms with Gasteiger partial charge in [-0.05, 0) is 0 Å². The SMILES string of the molecule is Cl.O=S1CCN([C@@H]2CNC[C@H]2O)CC1. The van der Waals surface area contributed by atoms with Crippen molar-refractivity contribution in [3.05, 3.63) is 0 Å². The van der Waals surface area contributed by atoms with Crippen LogP contribution in [0.15, 0.2) is 0 Å². The molecule has 0 unspecified atom stereocenters. The van der Waals surface area contributed by atoms with Crippen molar-refractivity contribution in [1.82, 2.24) is 10.2 Å². The zero-order valence-corrected chi connectivity index (χ0v) is 9.65. The van der Waals surface area contributed by atoms with Gasteiger partial charge < -0.3 is 10.4 Å². The van der Waals surface area contributed by atoms with Crippen molar-refractivity contribution < 1.29 is 9.32 Å². The molecular weight excluding hydrogens is 224 g/mol. The van der Waals surface area contributed by atoms with Crippen LogP contribution in [0.4, 0.5) is 0 Å². The monoisotopic (exact) mass is 240 g/mol. The second kappa shape index (κ2) is 5.42. The summed E-state index contributed by atoms with van der Waals surface area (Å²) in [5, 5.41) is 12.8. The fourth-order valence-electron chi connectivity index (χ4n) is 2.01. The summed E-state index contributed by atoms with van der Waals surface area (Å²) in [6.07, 6.45) is -0.244. The van der Waals surface area contributed by atoms with E-state index in [2.05, 4.69) is 10.2 Å². The molecular formula is C8H17ClN2O2S. The van der Waals surface area contributed by atoms with Gasteiger partial charge in [0.2, 0.25) is 0 Å². The molecule has 2 heterocycles. The summed E-state index contributed by atoms with van der Waals surface area (Å²) in [6, 6.07) is 0.247. The first-order chi connectivity index (χ1) is 6.27. The lowest BCUT2D eigenvalue weighted by molar-refractivity contribution is 0.0892. The molecule has 2 fully saturated rings. The van der Waals surface area contributed by atoms with Crippen LogP contribution in [0.1, 0.15) is 0 Å². The van der Waals surface area contributed by atoms with E-state index >= 15 is 0 Å². The molecule has 14 heavy (non-hydrogen) atoms. The van der Waals surface area contributed by atoms with Crippen LogP contribution in [0.25, 0.3) is 0 Å². The van der Waals surface area contributed by atoms with Crippen molar-refractivity contribution in [3.63, 3.8) is 0 Å². The average molecular weight is 241 g/mol. The first kappa shape index (κ1) is 12.4. The first-order valence-electron chi connectivity index (χ1n) is 4.75. The number of aliphatic hydroxyl groups is 1. The summed E-state index contributed by atoms with van der Waals surface area (Å²) in [5.74, 6) is 1.53. The number of nitrogens with one attached hydrogen (secondary N) is 1. The van der Waals surface area contributed by atoms with Crippen LogP contribution in [0, 0.1) is 0 Å². The van der Waals surface area contributed by atoms with Gasteiger partial charge in [-0.25, -0.2) is 0 Å². The van der Waals surface area contributed by atoms with E-state index in [1.807, 2.05) is 0 Å². The molecule has 84 valence electrons. The van der Waals surface area contributed by atoms with Gasteiger partial charge in [-0.1, -0.05) is 0 Å². The lowest BCUT2D eigenvalue weighted by Gasteiger charge is -2.32. The highest BCUT2D eigenvalue weighted by molar-refractivity contribution is 7.85. The Morgan fingerprint density at radius 3 is 2.43 bits per heavy atom. The number of hydrogen-bond donors (Lipinski definition) is 2. The number of rotatable bonds is 1. The van der Waals surface area contributed by atoms with E-state index in [9.17, 15) is 9.32 Å². The van der Waals surface area contributed by atoms with Gasteiger partial charge in [0.05, 0.1) is 6.10 Å². The predicted octanol–water partition coefficient (Wildman–Crippen LogP) is -1.19. The molecule has 2 aliphatic rings. The lowest BCUT2D eigenvalue weighted by Crippen LogP contribution is -2.49. The summed E-state index contributed by atoms with van der Waals surface area (Å²) >= 11 is 0. The summed E-state index contributed by atoms with van der Waals surface area (Å²) in [7, 11) is -0.616. The van der Waals surface area contributed by atoms with Crippen LogP contribution in [0.5, 0.6) is 0 Å². The maximum atomic E-state index is 11.1. The fraction of sp³-hybridized carbons (Fsp3) is 1.00. The number of aliphatic hydroxyl groups excluding tert-OH is 1. The minimum absolute atomic E-state index is 0. The molecule has 0 aromatic heterocycles. The van der Waals surface area contributed by atoms with Crippen molar-refractivity contribution in [2.45, 2.75) is 12.1 Å². The van der Waals surface area contributed by atoms with E-state index in [4.69, 9.17) is 0 Å². The molecule has 2 saturated heterocycles. The minimum atomic E-state index is -0.616. The second-order valence-corrected chi connectivity index (χ2v) is 5.37. The maximum Gasteiger partial charge on any atom is 0.0831 e. The van der Waals surface area contributed by atoms with E-state index in [-0.39, 0.29) is 24.6 Å². The van der Waals surface area contributed by atoms with Gasteiger partial charge in [-0.2, -0.15) is 0 Å². The Balaban J connectivity index is 0.000000980. The predicted molar refractivity (Wildman–Crippen MR) is 59.4 cm³/mol. The van der Waals surface area contributed by atoms with Gasteiger partial charge in [0, 0.05) is 54.5 Å². The second-order valence-electron chi connectivity index (χ2n) is 3.68. The molecule has 0 saturated carbocycles. The highest BCUT2D eigenvalue weighted by Gasteiger charge is 2.31. The van der Waals surface area contributed by atoms with E-state index in [1.165, 1.54) is 0 Å². The maximum absolute atomic E-state index is 11.1. The molecule has 2 aliphatic heterocycles. The highest BCUT2D eigenvalue weighted by Crippen LogP contribution is 2.11. The standard InChI is InChI=1S/C8H16N2O2S.ClH/c11-8-6-9-5-7(8)10-1-3-13(12)4-2-10;/h7-9,11H,1-6H2;1H/t7-,8-;/m1./s1. The van der Waals surface area contributed by atoms with Gasteiger partial charge in [-0.15, -0.1) is 12.4 Å². The van der Waals surface area contributed by atoms with Gasteiger partial charge in [0.25, 0.3) is 0 Å². The third kappa shape index (κ3) is 2.67. The zero-order valence-electron chi connectivity index (χ0n) is 8.02. The Labute approximate surface area is 92.9 Å². The summed E-state index contributed by atoms with van der Waals surface area (Å²) in [4.78, 5) is 2.26. The molecule has 2 rings (SSSR count). The highest BCUT2D eigenvalue weighted by atomic mass is 35.5. The van der Waals surface area contributed by atoms with Crippen LogP contribution < -0.4 is 5.32 Å². The van der Waals surface area contributed by atoms with Crippen molar-refractivity contribution in [3.8, 4) is 0 Å². The minimum Gasteiger partial charge on any atom is -0.390 e. The van der Waals surface area contributed by atoms with E-state index in [0.29, 0.717) is 6.54 Å². The molecule has 0 amide bonds. The van der Waals surface area contributed by atoms with Crippen molar-refractivity contribution in [2.24, 2.45) is 0 Å². The largest absolute Gasteiger partial charge is 0.390 e. The third-order valence-corrected chi connectivity index (χ3v) is 4.11. The van der Waals surface area contributed by atoms with Crippen LogP contribution in [0.2, 0.25) is 0 Å². The fourth-order valence-corrected chi connectivity index (χ4v) is 3.09. The quantitative estimate of drug-likeness (QED) is 0.605. The molecule has 0 aromatic carbocycles. The van der Waals surface area contributed by atoms with E-state index in [1.54, 1.807) is 0 Å². The molecule has 2 N–H and O–H groups in total. The average Bonchev–Trinajstić information content (AvgIpc) is 2.53. The Hall–Kier alpha value is 0.320. The third-order valence-electron chi connectivity index (χ3n) is 2.83. The number of halogens is 1. The molecule has 6 heteroatoms. The van der Waals surface area contributed by atoms with Crippen LogP contribution in [-0.2, 0) is 10.8 Å². The Kier molecular flexibility index (Phi) is 4.79. The molecule has 0 radical (unpaired) electrons. The van der Waals surface area contributed by atoms with Gasteiger partial charge in [-0.3, -0.25) is 9.11 Å². The molecule has 0 bridgehead atoms. The first-order valence-corrected chi connectivity index (χ1v) is 6.24. The van der Waals surface area contributed by atoms with Gasteiger partial charge >= 0.3 is 0 Å². The Morgan fingerprint density at radius 2 is 1.93 bits per heavy atom. The lowest BCUT2D eigenvalue weighted by atomic mass is 10.2. The molecule has 0 spiro atoms. The van der Waals surface area contributed by atoms with Crippen LogP contribution in [0.3, 0.4) is 0 Å². The smallest absolute Gasteiger partial charge is 0.0831 e. The molecule has 2 atom stereocenters. The van der Waals surface area contributed by atoms with Gasteiger partial charge in [0.1, 0.15) is 0 Å². The number of β-amino-alcohol motifs (C(OH)–C–C–N with tert-alkyl or cyclic N) is 1. The Morgan fingerprint density at radius 1 is 1.29 bits per heavy atom. The zero-order chi connectivity index (χ0) is 9.26. The van der Waals surface area contributed by atoms with E-state index < -0.39 is 10.8 Å². The summed E-state index contributed by atoms with van der Waals surface area (Å²) < 4.78 is 11.1. The van der Waals surface area contributed by atoms with Crippen LogP contribution >= 0.6 is 12.4 Å². The van der Waals surface area contributed by atoms with Crippen molar-refractivity contribution in [2.75, 3.05) is 37.7 Å². The molecule has 0 aliphatic carbocycles. The summed E-state index contributed by atoms with van der Waals surface area (Å²) in [5.41, 5.74) is 0. The molecule has 4 nitrogen and oxygen atoms in total. The topological polar surface area (TPSA) is 52.6 Å². The number of hydrogen-bond acceptors (Lipinski definition) is 4. The van der Waals surface area contributed by atoms with Crippen molar-refractivity contribution in [1.29, 1.82) is 0 Å². The van der Waals surface area contributed by atoms with E-state index in [0.717, 1.165) is 31.1 Å². The number of nitrogens with zero attached hydrogens (tertiary/aromatic N) is 1. The normalized spacial score (nSPS) is 35.5. The van der Waals surface area contributed by atoms with Gasteiger partial charge in [0.15, 0.2) is 0 Å². The van der Waals surface area contributed by atoms with Crippen LogP contribution in [-0.4, -0.2) is 64.0 Å². The molecule has 0 aromatic rings.